The third-order valence-corrected chi connectivity index (χ3v) is 2.29. The molecule has 77 valence electrons. The number of rotatable bonds is 2. The van der Waals surface area contributed by atoms with Gasteiger partial charge in [0.2, 0.25) is 0 Å². The van der Waals surface area contributed by atoms with Gasteiger partial charge in [0.15, 0.2) is 0 Å². The number of aryl methyl sites for hydroxylation is 1. The van der Waals surface area contributed by atoms with Crippen molar-refractivity contribution in [1.29, 1.82) is 0 Å². The first-order valence-electron chi connectivity index (χ1n) is 5.05. The summed E-state index contributed by atoms with van der Waals surface area (Å²) in [6, 6.07) is 19.4. The molecule has 0 fully saturated rings. The molecule has 0 N–H and O–H groups in total. The van der Waals surface area contributed by atoms with Gasteiger partial charge in [-0.3, -0.25) is 0 Å². The van der Waals surface area contributed by atoms with E-state index in [2.05, 4.69) is 49.4 Å². The molecular weight excluding hydrogens is 269 g/mol. The second-order valence-electron chi connectivity index (χ2n) is 3.58. The molecule has 0 heterocycles. The Hall–Kier alpha value is -0.716. The van der Waals surface area contributed by atoms with Crippen LogP contribution in [-0.4, -0.2) is 0 Å². The van der Waals surface area contributed by atoms with Gasteiger partial charge in [-0.2, -0.15) is 30.3 Å². The Morgan fingerprint density at radius 3 is 1.88 bits per heavy atom. The van der Waals surface area contributed by atoms with Crippen LogP contribution in [0.5, 0.6) is 0 Å². The van der Waals surface area contributed by atoms with Gasteiger partial charge in [0, 0.05) is 32.7 Å². The molecule has 0 aliphatic rings. The first-order valence-corrected chi connectivity index (χ1v) is 5.05. The van der Waals surface area contributed by atoms with Crippen molar-refractivity contribution in [2.75, 3.05) is 0 Å². The van der Waals surface area contributed by atoms with E-state index in [0.717, 1.165) is 0 Å². The van der Waals surface area contributed by atoms with E-state index in [4.69, 9.17) is 0 Å². The first-order chi connectivity index (χ1) is 7.34. The Balaban J connectivity index is 0.00000128. The molecule has 0 saturated carbocycles. The zero-order chi connectivity index (χ0) is 10.5. The average Bonchev–Trinajstić information content (AvgIpc) is 2.30. The fourth-order valence-corrected chi connectivity index (χ4v) is 1.38. The molecule has 2 rings (SSSR count). The quantitative estimate of drug-likeness (QED) is 0.577. The van der Waals surface area contributed by atoms with E-state index >= 15 is 0 Å². The minimum absolute atomic E-state index is 0. The minimum atomic E-state index is 0. The third kappa shape index (κ3) is 4.04. The zero-order valence-electron chi connectivity index (χ0n) is 9.35. The summed E-state index contributed by atoms with van der Waals surface area (Å²) in [7, 11) is 0. The van der Waals surface area contributed by atoms with Gasteiger partial charge in [0.05, 0.1) is 0 Å². The van der Waals surface area contributed by atoms with Crippen LogP contribution in [0.1, 0.15) is 16.7 Å². The zero-order valence-corrected chi connectivity index (χ0v) is 12.2. The van der Waals surface area contributed by atoms with Gasteiger partial charge in [-0.1, -0.05) is 42.0 Å². The number of benzene rings is 2. The molecule has 0 aromatic heterocycles. The molecule has 0 amide bonds. The maximum Gasteiger partial charge on any atom is 0 e. The van der Waals surface area contributed by atoms with E-state index in [1.54, 1.807) is 0 Å². The van der Waals surface area contributed by atoms with Gasteiger partial charge >= 0.3 is 0 Å². The monoisotopic (exact) mass is 282 g/mol. The predicted molar refractivity (Wildman–Crippen MR) is 65.4 cm³/mol. The van der Waals surface area contributed by atoms with Gasteiger partial charge < -0.3 is 0 Å². The van der Waals surface area contributed by atoms with E-state index in [1.165, 1.54) is 16.7 Å². The van der Waals surface area contributed by atoms with E-state index in [9.17, 15) is 0 Å². The summed E-state index contributed by atoms with van der Waals surface area (Å²) in [6.45, 7) is 2.10. The van der Waals surface area contributed by atoms with Crippen molar-refractivity contribution >= 4 is 12.2 Å². The van der Waals surface area contributed by atoms with E-state index in [1.807, 2.05) is 24.3 Å². The molecule has 0 saturated heterocycles. The Kier molecular flexibility index (Phi) is 5.66. The summed E-state index contributed by atoms with van der Waals surface area (Å²) in [5.41, 5.74) is 3.73. The van der Waals surface area contributed by atoms with Gasteiger partial charge in [-0.05, 0) is 12.5 Å². The molecule has 0 spiro atoms. The Labute approximate surface area is 122 Å². The van der Waals surface area contributed by atoms with Crippen LogP contribution in [0.4, 0.5) is 0 Å². The van der Waals surface area contributed by atoms with Crippen LogP contribution < -0.4 is 0 Å². The Bertz CT molecular complexity index is 441. The van der Waals surface area contributed by atoms with Crippen LogP contribution in [0.3, 0.4) is 0 Å². The molecule has 2 aromatic carbocycles. The molecule has 0 unspecified atom stereocenters. The summed E-state index contributed by atoms with van der Waals surface area (Å²) in [6.07, 6.45) is 4.23. The van der Waals surface area contributed by atoms with Crippen molar-refractivity contribution < 1.29 is 32.7 Å². The molecule has 1 heteroatoms. The number of hydrogen-bond donors (Lipinski definition) is 0. The summed E-state index contributed by atoms with van der Waals surface area (Å²) >= 11 is 0. The molecule has 0 aliphatic carbocycles. The number of hydrogen-bond acceptors (Lipinski definition) is 0. The van der Waals surface area contributed by atoms with Crippen LogP contribution >= 0.6 is 0 Å². The summed E-state index contributed by atoms with van der Waals surface area (Å²) < 4.78 is 0. The van der Waals surface area contributed by atoms with Crippen LogP contribution in [0.25, 0.3) is 12.2 Å². The van der Waals surface area contributed by atoms with Crippen molar-refractivity contribution in [3.05, 3.63) is 71.3 Å². The van der Waals surface area contributed by atoms with Crippen molar-refractivity contribution in [1.82, 2.24) is 0 Å². The molecule has 2 aromatic rings. The van der Waals surface area contributed by atoms with E-state index in [0.29, 0.717) is 0 Å². The summed E-state index contributed by atoms with van der Waals surface area (Å²) in [4.78, 5) is 0. The molecular formula is C15H13Y-. The maximum absolute atomic E-state index is 3.00. The first kappa shape index (κ1) is 13.3. The largest absolute Gasteiger partial charge is 0.184 e. The Morgan fingerprint density at radius 1 is 0.812 bits per heavy atom. The Morgan fingerprint density at radius 2 is 1.31 bits per heavy atom. The third-order valence-electron chi connectivity index (χ3n) is 2.29. The fraction of sp³-hybridized carbons (Fsp3) is 0.0667. The van der Waals surface area contributed by atoms with Gasteiger partial charge in [-0.25, -0.2) is 0 Å². The van der Waals surface area contributed by atoms with E-state index < -0.39 is 0 Å². The fourth-order valence-electron chi connectivity index (χ4n) is 1.38. The minimum Gasteiger partial charge on any atom is -0.184 e. The molecule has 0 bridgehead atoms. The van der Waals surface area contributed by atoms with Gasteiger partial charge in [-0.15, -0.1) is 5.56 Å². The smallest absolute Gasteiger partial charge is 0 e. The van der Waals surface area contributed by atoms with Crippen LogP contribution in [0, 0.1) is 13.0 Å². The molecule has 16 heavy (non-hydrogen) atoms. The average molecular weight is 282 g/mol. The van der Waals surface area contributed by atoms with Crippen LogP contribution in [-0.2, 0) is 32.7 Å². The summed E-state index contributed by atoms with van der Waals surface area (Å²) in [5, 5.41) is 0. The van der Waals surface area contributed by atoms with Gasteiger partial charge in [0.25, 0.3) is 0 Å². The molecule has 0 nitrogen and oxygen atoms in total. The topological polar surface area (TPSA) is 0 Å². The van der Waals surface area contributed by atoms with E-state index in [-0.39, 0.29) is 32.7 Å². The van der Waals surface area contributed by atoms with Crippen LogP contribution in [0.15, 0.2) is 48.5 Å². The predicted octanol–water partition coefficient (Wildman–Crippen LogP) is 3.96. The standard InChI is InChI=1S/C15H13.Y/c1-13-7-9-15(10-8-13)12-11-14-5-3-2-4-6-14;/h3-12H,1H3;/q-1;/b12-11+;. The van der Waals surface area contributed by atoms with Crippen molar-refractivity contribution in [3.8, 4) is 0 Å². The maximum atomic E-state index is 3.00. The van der Waals surface area contributed by atoms with Gasteiger partial charge in [0.1, 0.15) is 0 Å². The molecule has 0 aliphatic heterocycles. The second kappa shape index (κ2) is 6.78. The SMILES string of the molecule is Cc1ccc(/C=C/c2cc[c-]cc2)cc1.[Y]. The van der Waals surface area contributed by atoms with Crippen molar-refractivity contribution in [2.24, 2.45) is 0 Å². The van der Waals surface area contributed by atoms with Crippen LogP contribution in [0.2, 0.25) is 0 Å². The van der Waals surface area contributed by atoms with Crippen molar-refractivity contribution in [2.45, 2.75) is 6.92 Å². The van der Waals surface area contributed by atoms with Crippen molar-refractivity contribution in [3.63, 3.8) is 0 Å². The second-order valence-corrected chi connectivity index (χ2v) is 3.58. The normalized spacial score (nSPS) is 10.1. The molecule has 1 radical (unpaired) electrons. The summed E-state index contributed by atoms with van der Waals surface area (Å²) in [5.74, 6) is 0. The molecule has 0 atom stereocenters.